The third-order valence-electron chi connectivity index (χ3n) is 4.67. The van der Waals surface area contributed by atoms with Crippen molar-refractivity contribution in [1.29, 1.82) is 0 Å². The minimum Gasteiger partial charge on any atom is -0.496 e. The molecule has 0 aliphatic carbocycles. The number of amides is 2. The number of hydrogen-bond acceptors (Lipinski definition) is 4. The molecule has 7 nitrogen and oxygen atoms in total. The predicted molar refractivity (Wildman–Crippen MR) is 123 cm³/mol. The monoisotopic (exact) mass is 508 g/mol. The van der Waals surface area contributed by atoms with Crippen molar-refractivity contribution >= 4 is 41.8 Å². The molecule has 0 saturated heterocycles. The molecule has 0 atom stereocenters. The Labute approximate surface area is 187 Å². The van der Waals surface area contributed by atoms with Gasteiger partial charge in [0.05, 0.1) is 18.2 Å². The van der Waals surface area contributed by atoms with Gasteiger partial charge in [0.1, 0.15) is 5.75 Å². The van der Waals surface area contributed by atoms with Crippen LogP contribution in [0.15, 0.2) is 53.5 Å². The van der Waals surface area contributed by atoms with Gasteiger partial charge in [0.15, 0.2) is 5.96 Å². The molecule has 1 aliphatic rings. The van der Waals surface area contributed by atoms with E-state index in [9.17, 15) is 9.59 Å². The minimum absolute atomic E-state index is 0. The van der Waals surface area contributed by atoms with Gasteiger partial charge in [0.25, 0.3) is 11.8 Å². The van der Waals surface area contributed by atoms with Gasteiger partial charge in [-0.2, -0.15) is 0 Å². The van der Waals surface area contributed by atoms with E-state index < -0.39 is 0 Å². The number of para-hydroxylation sites is 1. The number of rotatable bonds is 6. The summed E-state index contributed by atoms with van der Waals surface area (Å²) in [6.45, 7) is 1.29. The van der Waals surface area contributed by atoms with Gasteiger partial charge in [0, 0.05) is 39.3 Å². The summed E-state index contributed by atoms with van der Waals surface area (Å²) in [5.74, 6) is 0.984. The number of benzene rings is 2. The quantitative estimate of drug-likeness (QED) is 0.281. The topological polar surface area (TPSA) is 74.2 Å². The van der Waals surface area contributed by atoms with Crippen LogP contribution in [0.2, 0.25) is 0 Å². The Kier molecular flexibility index (Phi) is 8.00. The number of carbonyl (C=O) groups excluding carboxylic acids is 2. The van der Waals surface area contributed by atoms with Crippen LogP contribution in [-0.2, 0) is 6.54 Å². The normalized spacial score (nSPS) is 13.1. The molecule has 0 unspecified atom stereocenters. The lowest BCUT2D eigenvalue weighted by Crippen LogP contribution is -2.43. The highest BCUT2D eigenvalue weighted by atomic mass is 127. The Balaban J connectivity index is 0.00000300. The smallest absolute Gasteiger partial charge is 0.261 e. The van der Waals surface area contributed by atoms with E-state index >= 15 is 0 Å². The first kappa shape index (κ1) is 22.7. The van der Waals surface area contributed by atoms with Crippen molar-refractivity contribution in [3.05, 3.63) is 65.2 Å². The first-order valence-electron chi connectivity index (χ1n) is 9.05. The number of fused-ring (bicyclic) bond motifs is 1. The second-order valence-electron chi connectivity index (χ2n) is 6.45. The molecule has 1 aliphatic heterocycles. The van der Waals surface area contributed by atoms with Gasteiger partial charge in [-0.1, -0.05) is 30.3 Å². The van der Waals surface area contributed by atoms with E-state index in [4.69, 9.17) is 4.74 Å². The van der Waals surface area contributed by atoms with Gasteiger partial charge in [-0.05, 0) is 18.2 Å². The molecule has 3 rings (SSSR count). The number of methoxy groups -OCH3 is 1. The van der Waals surface area contributed by atoms with Crippen LogP contribution in [-0.4, -0.2) is 61.9 Å². The van der Waals surface area contributed by atoms with Crippen molar-refractivity contribution in [2.24, 2.45) is 4.99 Å². The zero-order valence-corrected chi connectivity index (χ0v) is 19.0. The summed E-state index contributed by atoms with van der Waals surface area (Å²) in [6, 6.07) is 14.7. The molecule has 0 bridgehead atoms. The molecule has 0 spiro atoms. The SMILES string of the molecule is CN=C(NCCN1C(=O)c2ccccc2C1=O)N(C)Cc1ccccc1OC.I. The zero-order chi connectivity index (χ0) is 20.1. The Morgan fingerprint density at radius 2 is 1.66 bits per heavy atom. The van der Waals surface area contributed by atoms with Crippen molar-refractivity contribution in [3.8, 4) is 5.75 Å². The second kappa shape index (κ2) is 10.2. The van der Waals surface area contributed by atoms with Crippen LogP contribution in [0.25, 0.3) is 0 Å². The molecule has 0 aromatic heterocycles. The molecular formula is C21H25IN4O3. The van der Waals surface area contributed by atoms with Gasteiger partial charge < -0.3 is 15.0 Å². The molecule has 2 aromatic rings. The summed E-state index contributed by atoms with van der Waals surface area (Å²) in [4.78, 5) is 32.4. The van der Waals surface area contributed by atoms with Crippen LogP contribution >= 0.6 is 24.0 Å². The number of aliphatic imine (C=N–C) groups is 1. The van der Waals surface area contributed by atoms with Gasteiger partial charge in [0.2, 0.25) is 0 Å². The van der Waals surface area contributed by atoms with E-state index in [1.807, 2.05) is 36.2 Å². The third-order valence-corrected chi connectivity index (χ3v) is 4.67. The summed E-state index contributed by atoms with van der Waals surface area (Å²) < 4.78 is 5.39. The maximum atomic E-state index is 12.4. The van der Waals surface area contributed by atoms with Crippen LogP contribution in [0.1, 0.15) is 26.3 Å². The number of halogens is 1. The summed E-state index contributed by atoms with van der Waals surface area (Å²) in [5.41, 5.74) is 1.96. The number of hydrogen-bond donors (Lipinski definition) is 1. The minimum atomic E-state index is -0.250. The third kappa shape index (κ3) is 4.87. The van der Waals surface area contributed by atoms with E-state index in [1.165, 1.54) is 4.90 Å². The van der Waals surface area contributed by atoms with Crippen molar-refractivity contribution in [2.45, 2.75) is 6.54 Å². The number of carbonyl (C=O) groups is 2. The number of imide groups is 1. The van der Waals surface area contributed by atoms with E-state index in [2.05, 4.69) is 10.3 Å². The number of nitrogens with zero attached hydrogens (tertiary/aromatic N) is 3. The van der Waals surface area contributed by atoms with Gasteiger partial charge in [-0.15, -0.1) is 24.0 Å². The largest absolute Gasteiger partial charge is 0.496 e. The maximum Gasteiger partial charge on any atom is 0.261 e. The second-order valence-corrected chi connectivity index (χ2v) is 6.45. The summed E-state index contributed by atoms with van der Waals surface area (Å²) in [7, 11) is 5.26. The molecular weight excluding hydrogens is 483 g/mol. The van der Waals surface area contributed by atoms with Crippen molar-refractivity contribution in [1.82, 2.24) is 15.1 Å². The molecule has 8 heteroatoms. The van der Waals surface area contributed by atoms with Crippen molar-refractivity contribution < 1.29 is 14.3 Å². The van der Waals surface area contributed by atoms with E-state index in [1.54, 1.807) is 38.4 Å². The lowest BCUT2D eigenvalue weighted by molar-refractivity contribution is 0.0657. The zero-order valence-electron chi connectivity index (χ0n) is 16.7. The van der Waals surface area contributed by atoms with E-state index in [0.29, 0.717) is 30.2 Å². The lowest BCUT2D eigenvalue weighted by atomic mass is 10.1. The highest BCUT2D eigenvalue weighted by molar-refractivity contribution is 14.0. The van der Waals surface area contributed by atoms with Crippen LogP contribution < -0.4 is 10.1 Å². The summed E-state index contributed by atoms with van der Waals surface area (Å²) >= 11 is 0. The molecule has 0 fully saturated rings. The fourth-order valence-electron chi connectivity index (χ4n) is 3.27. The van der Waals surface area contributed by atoms with Crippen molar-refractivity contribution in [2.75, 3.05) is 34.3 Å². The Morgan fingerprint density at radius 3 is 2.24 bits per heavy atom. The average Bonchev–Trinajstić information content (AvgIpc) is 2.96. The molecule has 0 radical (unpaired) electrons. The Hall–Kier alpha value is -2.62. The van der Waals surface area contributed by atoms with Crippen LogP contribution in [0, 0.1) is 0 Å². The highest BCUT2D eigenvalue weighted by Crippen LogP contribution is 2.22. The first-order chi connectivity index (χ1) is 13.6. The molecule has 0 saturated carbocycles. The van der Waals surface area contributed by atoms with Crippen LogP contribution in [0.5, 0.6) is 5.75 Å². The van der Waals surface area contributed by atoms with Gasteiger partial charge >= 0.3 is 0 Å². The van der Waals surface area contributed by atoms with Gasteiger partial charge in [-0.25, -0.2) is 0 Å². The average molecular weight is 508 g/mol. The molecule has 1 N–H and O–H groups in total. The van der Waals surface area contributed by atoms with E-state index in [0.717, 1.165) is 11.3 Å². The summed E-state index contributed by atoms with van der Waals surface area (Å²) in [5, 5.41) is 3.21. The fourth-order valence-corrected chi connectivity index (χ4v) is 3.27. The number of nitrogens with one attached hydrogen (secondary N) is 1. The number of ether oxygens (including phenoxy) is 1. The number of guanidine groups is 1. The van der Waals surface area contributed by atoms with Gasteiger partial charge in [-0.3, -0.25) is 19.5 Å². The molecule has 29 heavy (non-hydrogen) atoms. The van der Waals surface area contributed by atoms with Crippen LogP contribution in [0.3, 0.4) is 0 Å². The lowest BCUT2D eigenvalue weighted by Gasteiger charge is -2.24. The molecule has 154 valence electrons. The van der Waals surface area contributed by atoms with Crippen LogP contribution in [0.4, 0.5) is 0 Å². The maximum absolute atomic E-state index is 12.4. The fraction of sp³-hybridized carbons (Fsp3) is 0.286. The Morgan fingerprint density at radius 1 is 1.07 bits per heavy atom. The Bertz CT molecular complexity index is 881. The molecule has 2 aromatic carbocycles. The van der Waals surface area contributed by atoms with Crippen molar-refractivity contribution in [3.63, 3.8) is 0 Å². The molecule has 1 heterocycles. The standard InChI is InChI=1S/C21H24N4O3.HI/c1-22-21(24(2)14-15-8-4-7-11-18(15)28-3)23-12-13-25-19(26)16-9-5-6-10-17(16)20(25)27;/h4-11H,12-14H2,1-3H3,(H,22,23);1H. The summed E-state index contributed by atoms with van der Waals surface area (Å²) in [6.07, 6.45) is 0. The first-order valence-corrected chi connectivity index (χ1v) is 9.05. The predicted octanol–water partition coefficient (Wildman–Crippen LogP) is 2.62. The van der Waals surface area contributed by atoms with E-state index in [-0.39, 0.29) is 42.3 Å². The highest BCUT2D eigenvalue weighted by Gasteiger charge is 2.34. The molecule has 2 amide bonds.